The number of anilines is 3. The smallest absolute Gasteiger partial charge is 0.328 e. The number of nitrogens with one attached hydrogen (secondary N) is 2. The van der Waals surface area contributed by atoms with Crippen molar-refractivity contribution in [2.75, 3.05) is 21.6 Å². The summed E-state index contributed by atoms with van der Waals surface area (Å²) in [7, 11) is -4.52. The standard InChI is InChI=1S/C21H26N8O6S/c1-10-16(30)17(31)21(35-10)28-9-29(15-18(23)25-8-26-19(15)28)36(33,34)27-20(32)13(22)6-11-7-24-14-5-3-2-4-12(11)14/h2-5,7-8,10,13,16-17,21,24,30-31H,6,9,22H2,1H3,(H,27,32)(H2,23,25,26)/t10-,13+,16?,17?,21-/m1/s1. The van der Waals surface area contributed by atoms with Gasteiger partial charge in [0.25, 0.3) is 5.91 Å². The molecule has 5 atom stereocenters. The van der Waals surface area contributed by atoms with Crippen LogP contribution >= 0.6 is 0 Å². The number of amides is 1. The van der Waals surface area contributed by atoms with Gasteiger partial charge in [-0.25, -0.2) is 19.0 Å². The highest BCUT2D eigenvalue weighted by atomic mass is 32.2. The molecule has 192 valence electrons. The number of fused-ring (bicyclic) bond motifs is 2. The fourth-order valence-electron chi connectivity index (χ4n) is 4.48. The number of nitrogens with two attached hydrogens (primary N) is 2. The third kappa shape index (κ3) is 4.00. The average Bonchev–Trinajstić information content (AvgIpc) is 3.50. The van der Waals surface area contributed by atoms with Crippen LogP contribution in [0.3, 0.4) is 0 Å². The zero-order valence-electron chi connectivity index (χ0n) is 19.1. The van der Waals surface area contributed by atoms with E-state index in [-0.39, 0.29) is 23.7 Å². The maximum absolute atomic E-state index is 13.3. The molecule has 1 saturated heterocycles. The Hall–Kier alpha value is -3.50. The zero-order valence-corrected chi connectivity index (χ0v) is 20.0. The Morgan fingerprint density at radius 1 is 1.31 bits per heavy atom. The summed E-state index contributed by atoms with van der Waals surface area (Å²) in [5.41, 5.74) is 13.6. The van der Waals surface area contributed by atoms with Gasteiger partial charge in [0.2, 0.25) is 0 Å². The maximum Gasteiger partial charge on any atom is 0.328 e. The van der Waals surface area contributed by atoms with Crippen molar-refractivity contribution in [3.05, 3.63) is 42.4 Å². The second kappa shape index (κ2) is 8.86. The minimum atomic E-state index is -4.52. The molecule has 2 aliphatic heterocycles. The first-order chi connectivity index (χ1) is 17.1. The van der Waals surface area contributed by atoms with Gasteiger partial charge in [-0.15, -0.1) is 0 Å². The van der Waals surface area contributed by atoms with Crippen LogP contribution in [-0.4, -0.2) is 76.7 Å². The average molecular weight is 519 g/mol. The van der Waals surface area contributed by atoms with Crippen molar-refractivity contribution in [3.63, 3.8) is 0 Å². The third-order valence-corrected chi connectivity index (χ3v) is 7.73. The van der Waals surface area contributed by atoms with Crippen molar-refractivity contribution < 1.29 is 28.2 Å². The Balaban J connectivity index is 1.37. The van der Waals surface area contributed by atoms with E-state index in [4.69, 9.17) is 16.2 Å². The number of benzene rings is 1. The topological polar surface area (TPSA) is 213 Å². The molecule has 2 aliphatic rings. The fourth-order valence-corrected chi connectivity index (χ4v) is 5.69. The number of nitrogen functional groups attached to an aromatic ring is 1. The lowest BCUT2D eigenvalue weighted by Gasteiger charge is -2.28. The second-order valence-corrected chi connectivity index (χ2v) is 10.3. The normalized spacial score (nSPS) is 24.8. The van der Waals surface area contributed by atoms with Crippen molar-refractivity contribution in [1.29, 1.82) is 0 Å². The van der Waals surface area contributed by atoms with Gasteiger partial charge in [0, 0.05) is 17.1 Å². The molecule has 15 heteroatoms. The molecule has 0 saturated carbocycles. The van der Waals surface area contributed by atoms with E-state index in [2.05, 4.69) is 15.0 Å². The van der Waals surface area contributed by atoms with Crippen molar-refractivity contribution in [2.24, 2.45) is 5.73 Å². The molecular formula is C21H26N8O6S. The number of rotatable bonds is 6. The van der Waals surface area contributed by atoms with Crippen molar-refractivity contribution in [2.45, 2.75) is 43.9 Å². The van der Waals surface area contributed by atoms with E-state index >= 15 is 0 Å². The van der Waals surface area contributed by atoms with E-state index < -0.39 is 53.4 Å². The van der Waals surface area contributed by atoms with Crippen molar-refractivity contribution in [3.8, 4) is 0 Å². The number of aliphatic hydroxyl groups is 2. The largest absolute Gasteiger partial charge is 0.388 e. The lowest BCUT2D eigenvalue weighted by molar-refractivity contribution is -0.120. The van der Waals surface area contributed by atoms with Crippen LogP contribution in [0.25, 0.3) is 10.9 Å². The number of H-pyrrole nitrogens is 1. The predicted molar refractivity (Wildman–Crippen MR) is 130 cm³/mol. The van der Waals surface area contributed by atoms with E-state index in [1.54, 1.807) is 13.1 Å². The van der Waals surface area contributed by atoms with Crippen LogP contribution in [0.5, 0.6) is 0 Å². The van der Waals surface area contributed by atoms with Crippen molar-refractivity contribution >= 4 is 44.3 Å². The molecule has 4 heterocycles. The molecule has 1 amide bonds. The molecule has 8 N–H and O–H groups in total. The van der Waals surface area contributed by atoms with Crippen LogP contribution in [0.15, 0.2) is 36.8 Å². The molecule has 5 rings (SSSR count). The number of carbonyl (C=O) groups is 1. The molecule has 0 spiro atoms. The SMILES string of the molecule is C[C@H]1O[C@@H](N2CN(S(=O)(=O)NC(=O)[C@@H](N)Cc3c[nH]c4ccccc34)c3c(N)ncnc32)C(O)C1O. The van der Waals surface area contributed by atoms with Crippen molar-refractivity contribution in [1.82, 2.24) is 19.7 Å². The van der Waals surface area contributed by atoms with E-state index in [9.17, 15) is 23.4 Å². The van der Waals surface area contributed by atoms with Gasteiger partial charge in [-0.1, -0.05) is 18.2 Å². The van der Waals surface area contributed by atoms with Crippen LogP contribution in [0, 0.1) is 0 Å². The van der Waals surface area contributed by atoms with Gasteiger partial charge < -0.3 is 36.3 Å². The number of hydrogen-bond acceptors (Lipinski definition) is 11. The van der Waals surface area contributed by atoms with Gasteiger partial charge in [0.05, 0.1) is 12.1 Å². The van der Waals surface area contributed by atoms with E-state index in [0.717, 1.165) is 27.1 Å². The predicted octanol–water partition coefficient (Wildman–Crippen LogP) is -1.48. The quantitative estimate of drug-likeness (QED) is 0.221. The van der Waals surface area contributed by atoms with Crippen LogP contribution in [-0.2, 0) is 26.2 Å². The van der Waals surface area contributed by atoms with Gasteiger partial charge in [0.15, 0.2) is 17.9 Å². The first-order valence-corrected chi connectivity index (χ1v) is 12.6. The number of para-hydroxylation sites is 1. The monoisotopic (exact) mass is 518 g/mol. The van der Waals surface area contributed by atoms with Crippen LogP contribution in [0.4, 0.5) is 17.3 Å². The molecule has 36 heavy (non-hydrogen) atoms. The Kier molecular flexibility index (Phi) is 5.96. The summed E-state index contributed by atoms with van der Waals surface area (Å²) in [6.07, 6.45) is -1.40. The van der Waals surface area contributed by atoms with Gasteiger partial charge in [-0.3, -0.25) is 4.79 Å². The lowest BCUT2D eigenvalue weighted by Crippen LogP contribution is -2.52. The first kappa shape index (κ1) is 24.2. The third-order valence-electron chi connectivity index (χ3n) is 6.39. The molecule has 14 nitrogen and oxygen atoms in total. The minimum Gasteiger partial charge on any atom is -0.388 e. The Morgan fingerprint density at radius 3 is 2.78 bits per heavy atom. The Morgan fingerprint density at radius 2 is 2.06 bits per heavy atom. The summed E-state index contributed by atoms with van der Waals surface area (Å²) >= 11 is 0. The van der Waals surface area contributed by atoms with Crippen LogP contribution in [0.2, 0.25) is 0 Å². The van der Waals surface area contributed by atoms with Gasteiger partial charge >= 0.3 is 10.2 Å². The molecule has 3 aromatic rings. The lowest BCUT2D eigenvalue weighted by atomic mass is 10.1. The number of ether oxygens (including phenoxy) is 1. The highest BCUT2D eigenvalue weighted by Crippen LogP contribution is 2.42. The molecular weight excluding hydrogens is 492 g/mol. The van der Waals surface area contributed by atoms with E-state index in [1.807, 2.05) is 29.0 Å². The van der Waals surface area contributed by atoms with Gasteiger partial charge in [-0.05, 0) is 25.0 Å². The van der Waals surface area contributed by atoms with Crippen LogP contribution in [0.1, 0.15) is 12.5 Å². The highest BCUT2D eigenvalue weighted by molar-refractivity contribution is 7.91. The zero-order chi connectivity index (χ0) is 25.8. The second-order valence-electron chi connectivity index (χ2n) is 8.75. The molecule has 2 unspecified atom stereocenters. The summed E-state index contributed by atoms with van der Waals surface area (Å²) in [5.74, 6) is -1.02. The number of aromatic amines is 1. The number of carbonyl (C=O) groups excluding carboxylic acids is 1. The maximum atomic E-state index is 13.3. The molecule has 1 fully saturated rings. The number of aromatic nitrogens is 3. The number of aliphatic hydroxyl groups excluding tert-OH is 2. The number of nitrogens with zero attached hydrogens (tertiary/aromatic N) is 4. The van der Waals surface area contributed by atoms with Crippen LogP contribution < -0.4 is 25.4 Å². The van der Waals surface area contributed by atoms with Gasteiger partial charge in [0.1, 0.15) is 30.9 Å². The fraction of sp³-hybridized carbons (Fsp3) is 0.381. The summed E-state index contributed by atoms with van der Waals surface area (Å²) in [4.78, 5) is 25.2. The minimum absolute atomic E-state index is 0.0637. The number of hydrogen-bond donors (Lipinski definition) is 6. The van der Waals surface area contributed by atoms with E-state index in [0.29, 0.717) is 0 Å². The highest BCUT2D eigenvalue weighted by Gasteiger charge is 2.49. The molecule has 0 aliphatic carbocycles. The Bertz CT molecular complexity index is 1410. The molecule has 0 bridgehead atoms. The summed E-state index contributed by atoms with van der Waals surface area (Å²) in [6.45, 7) is 1.17. The molecule has 2 aromatic heterocycles. The summed E-state index contributed by atoms with van der Waals surface area (Å²) < 4.78 is 35.0. The first-order valence-electron chi connectivity index (χ1n) is 11.1. The van der Waals surface area contributed by atoms with Gasteiger partial charge in [-0.2, -0.15) is 8.42 Å². The summed E-state index contributed by atoms with van der Waals surface area (Å²) in [6, 6.07) is 6.30. The molecule has 0 radical (unpaired) electrons. The van der Waals surface area contributed by atoms with E-state index in [1.165, 1.54) is 4.90 Å². The Labute approximate surface area is 206 Å². The molecule has 1 aromatic carbocycles. The summed E-state index contributed by atoms with van der Waals surface area (Å²) in [5, 5.41) is 21.4.